The van der Waals surface area contributed by atoms with E-state index in [9.17, 15) is 27.9 Å². The largest absolute Gasteiger partial charge is 1.00 e. The Morgan fingerprint density at radius 1 is 0.969 bits per heavy atom. The fourth-order valence-electron chi connectivity index (χ4n) is 2.17. The smallest absolute Gasteiger partial charge is 0.548 e. The number of hydrogen-bond donors (Lipinski definition) is 2. The van der Waals surface area contributed by atoms with Crippen LogP contribution in [0.1, 0.15) is 31.1 Å². The number of carboxylic acid groups (broad SMARTS) is 1. The predicted octanol–water partition coefficient (Wildman–Crippen LogP) is -5.07. The van der Waals surface area contributed by atoms with E-state index in [1.54, 1.807) is 20.8 Å². The number of nitrogens with one attached hydrogen (secondary N) is 2. The first-order valence-electron chi connectivity index (χ1n) is 8.82. The second-order valence-corrected chi connectivity index (χ2v) is 9.00. The van der Waals surface area contributed by atoms with Gasteiger partial charge in [0.15, 0.2) is 0 Å². The van der Waals surface area contributed by atoms with Gasteiger partial charge < -0.3 is 20.0 Å². The second kappa shape index (κ2) is 12.7. The van der Waals surface area contributed by atoms with E-state index in [1.165, 1.54) is 48.5 Å². The summed E-state index contributed by atoms with van der Waals surface area (Å²) in [6.07, 6.45) is 0. The number of hydrogen-bond acceptors (Lipinski definition) is 7. The van der Waals surface area contributed by atoms with Crippen LogP contribution in [0.15, 0.2) is 53.4 Å². The van der Waals surface area contributed by atoms with Gasteiger partial charge in [0, 0.05) is 0 Å². The summed E-state index contributed by atoms with van der Waals surface area (Å²) in [5.74, 6) is -2.53. The topological polar surface area (TPSA) is 142 Å². The van der Waals surface area contributed by atoms with E-state index in [1.807, 2.05) is 0 Å². The molecule has 0 aliphatic rings. The molecule has 2 rings (SSSR count). The van der Waals surface area contributed by atoms with Crippen LogP contribution in [0.5, 0.6) is 5.75 Å². The first-order valence-corrected chi connectivity index (χ1v) is 10.3. The van der Waals surface area contributed by atoms with Gasteiger partial charge in [0.25, 0.3) is 15.9 Å². The van der Waals surface area contributed by atoms with Crippen molar-refractivity contribution in [3.63, 3.8) is 0 Å². The number of carbonyl (C=O) groups is 3. The van der Waals surface area contributed by atoms with Crippen molar-refractivity contribution in [2.75, 3.05) is 11.3 Å². The Bertz CT molecular complexity index is 1070. The van der Waals surface area contributed by atoms with Crippen LogP contribution in [-0.2, 0) is 19.6 Å². The summed E-state index contributed by atoms with van der Waals surface area (Å²) in [7, 11) is -4.07. The molecule has 0 aromatic heterocycles. The summed E-state index contributed by atoms with van der Waals surface area (Å²) >= 11 is 0. The zero-order chi connectivity index (χ0) is 22.5. The Hall–Kier alpha value is -1.40. The van der Waals surface area contributed by atoms with Crippen molar-refractivity contribution in [1.82, 2.24) is 5.32 Å². The summed E-state index contributed by atoms with van der Waals surface area (Å²) in [6.45, 7) is 4.37. The molecule has 0 radical (unpaired) electrons. The molecule has 1 amide bonds. The minimum Gasteiger partial charge on any atom is -0.548 e. The van der Waals surface area contributed by atoms with Gasteiger partial charge in [-0.3, -0.25) is 14.3 Å². The number of esters is 1. The number of para-hydroxylation sites is 1. The molecule has 0 heterocycles. The normalized spacial score (nSPS) is 10.7. The summed E-state index contributed by atoms with van der Waals surface area (Å²) in [5, 5.41) is 12.6. The van der Waals surface area contributed by atoms with Crippen molar-refractivity contribution >= 4 is 33.6 Å². The minimum absolute atomic E-state index is 0. The van der Waals surface area contributed by atoms with Crippen molar-refractivity contribution in [2.24, 2.45) is 5.41 Å². The molecule has 0 saturated heterocycles. The number of benzene rings is 2. The third-order valence-corrected chi connectivity index (χ3v) is 5.15. The summed E-state index contributed by atoms with van der Waals surface area (Å²) in [4.78, 5) is 34.4. The molecule has 0 bridgehead atoms. The average Bonchev–Trinajstić information content (AvgIpc) is 2.66. The van der Waals surface area contributed by atoms with Gasteiger partial charge in [0.2, 0.25) is 0 Å². The number of rotatable bonds is 7. The summed E-state index contributed by atoms with van der Waals surface area (Å²) < 4.78 is 32.9. The quantitative estimate of drug-likeness (QED) is 0.230. The Balaban J connectivity index is 0.00000480. The Labute approximate surface area is 230 Å². The van der Waals surface area contributed by atoms with Crippen LogP contribution in [0, 0.1) is 5.41 Å². The Kier molecular flexibility index (Phi) is 12.2. The molecular formula is C20H21N2Na2O7S+. The van der Waals surface area contributed by atoms with Crippen LogP contribution in [0.25, 0.3) is 0 Å². The molecule has 12 heteroatoms. The molecule has 2 N–H and O–H groups in total. The molecule has 0 unspecified atom stereocenters. The van der Waals surface area contributed by atoms with Crippen LogP contribution in [0.3, 0.4) is 0 Å². The van der Waals surface area contributed by atoms with E-state index in [4.69, 9.17) is 4.74 Å². The molecule has 0 atom stereocenters. The minimum atomic E-state index is -4.07. The molecule has 160 valence electrons. The van der Waals surface area contributed by atoms with Crippen LogP contribution < -0.4 is 79.0 Å². The first-order chi connectivity index (χ1) is 13.9. The maximum atomic E-state index is 12.7. The van der Waals surface area contributed by atoms with Gasteiger partial charge in [-0.15, -0.1) is 0 Å². The van der Waals surface area contributed by atoms with Crippen molar-refractivity contribution in [1.29, 1.82) is 0 Å². The number of carbonyl (C=O) groups excluding carboxylic acids is 3. The maximum Gasteiger partial charge on any atom is 1.00 e. The standard InChI is InChI=1S/C20H22N2O7S.2Na/c1-20(2,3)19(26)29-13-8-10-14(11-9-13)30(27,28)22-16-7-5-4-6-15(16)18(25)21-12-17(23)24;;/h4-11,22H,12H2,1-3H3,(H,21,25)(H,23,24);;/q;2*+1/p-1. The number of aliphatic carboxylic acids is 1. The number of amides is 1. The van der Waals surface area contributed by atoms with E-state index >= 15 is 0 Å². The maximum absolute atomic E-state index is 12.7. The van der Waals surface area contributed by atoms with E-state index in [2.05, 4.69) is 10.0 Å². The molecule has 2 aromatic rings. The fourth-order valence-corrected chi connectivity index (χ4v) is 3.25. The van der Waals surface area contributed by atoms with E-state index < -0.39 is 39.8 Å². The SMILES string of the molecule is CC(C)(C)C(=O)Oc1ccc(S(=O)(=O)Nc2ccccc2C(=O)NCC(=O)[O-])cc1.[Na+].[Na+]. The summed E-state index contributed by atoms with van der Waals surface area (Å²) in [6, 6.07) is 10.9. The van der Waals surface area contributed by atoms with Crippen molar-refractivity contribution in [3.05, 3.63) is 54.1 Å². The predicted molar refractivity (Wildman–Crippen MR) is 106 cm³/mol. The van der Waals surface area contributed by atoms with E-state index in [-0.39, 0.29) is 81.0 Å². The second-order valence-electron chi connectivity index (χ2n) is 7.32. The van der Waals surface area contributed by atoms with Crippen molar-refractivity contribution in [3.8, 4) is 5.75 Å². The number of sulfonamides is 1. The van der Waals surface area contributed by atoms with Crippen LogP contribution in [-0.4, -0.2) is 32.8 Å². The average molecular weight is 479 g/mol. The zero-order valence-corrected chi connectivity index (χ0v) is 23.4. The van der Waals surface area contributed by atoms with E-state index in [0.717, 1.165) is 0 Å². The molecule has 0 fully saturated rings. The molecular weight excluding hydrogens is 458 g/mol. The third-order valence-electron chi connectivity index (χ3n) is 3.77. The Morgan fingerprint density at radius 2 is 1.53 bits per heavy atom. The van der Waals surface area contributed by atoms with Crippen LogP contribution >= 0.6 is 0 Å². The third kappa shape index (κ3) is 8.86. The van der Waals surface area contributed by atoms with Gasteiger partial charge in [0.1, 0.15) is 5.75 Å². The fraction of sp³-hybridized carbons (Fsp3) is 0.250. The number of anilines is 1. The van der Waals surface area contributed by atoms with Crippen molar-refractivity contribution < 1.29 is 91.8 Å². The van der Waals surface area contributed by atoms with Gasteiger partial charge in [-0.25, -0.2) is 8.42 Å². The molecule has 0 aliphatic carbocycles. The van der Waals surface area contributed by atoms with Gasteiger partial charge in [-0.1, -0.05) is 12.1 Å². The molecule has 32 heavy (non-hydrogen) atoms. The van der Waals surface area contributed by atoms with Gasteiger partial charge >= 0.3 is 65.1 Å². The van der Waals surface area contributed by atoms with Gasteiger partial charge in [0.05, 0.1) is 34.1 Å². The van der Waals surface area contributed by atoms with Gasteiger partial charge in [-0.05, 0) is 57.2 Å². The van der Waals surface area contributed by atoms with Gasteiger partial charge in [-0.2, -0.15) is 0 Å². The molecule has 0 aliphatic heterocycles. The number of carboxylic acids is 1. The first kappa shape index (κ1) is 30.6. The van der Waals surface area contributed by atoms with Crippen LogP contribution in [0.2, 0.25) is 0 Å². The zero-order valence-electron chi connectivity index (χ0n) is 18.6. The molecule has 0 saturated carbocycles. The summed E-state index contributed by atoms with van der Waals surface area (Å²) in [5.41, 5.74) is -0.803. The molecule has 9 nitrogen and oxygen atoms in total. The Morgan fingerprint density at radius 3 is 2.06 bits per heavy atom. The molecule has 2 aromatic carbocycles. The van der Waals surface area contributed by atoms with Crippen molar-refractivity contribution in [2.45, 2.75) is 25.7 Å². The molecule has 0 spiro atoms. The monoisotopic (exact) mass is 479 g/mol. The van der Waals surface area contributed by atoms with E-state index in [0.29, 0.717) is 0 Å². The number of ether oxygens (including phenoxy) is 1. The van der Waals surface area contributed by atoms with Crippen LogP contribution in [0.4, 0.5) is 5.69 Å².